The van der Waals surface area contributed by atoms with Crippen molar-refractivity contribution < 1.29 is 4.79 Å². The number of Topliss-reactive ketones (excluding diaryl/α,β-unsaturated/α-hetero) is 1. The van der Waals surface area contributed by atoms with Crippen molar-refractivity contribution in [1.29, 1.82) is 0 Å². The molecular weight excluding hydrogens is 160 g/mol. The molecule has 0 aromatic heterocycles. The van der Waals surface area contributed by atoms with Crippen LogP contribution in [0, 0.1) is 6.92 Å². The molecule has 13 heavy (non-hydrogen) atoms. The Hall–Kier alpha value is -1.11. The van der Waals surface area contributed by atoms with Gasteiger partial charge in [-0.2, -0.15) is 0 Å². The lowest BCUT2D eigenvalue weighted by atomic mass is 10.1. The maximum atomic E-state index is 11.2. The lowest BCUT2D eigenvalue weighted by molar-refractivity contribution is 0.0988. The minimum absolute atomic E-state index is 0.216. The zero-order valence-electron chi connectivity index (χ0n) is 8.92. The highest BCUT2D eigenvalue weighted by molar-refractivity contribution is 5.95. The summed E-state index contributed by atoms with van der Waals surface area (Å²) in [4.78, 5) is 11.2. The molecule has 1 aromatic rings. The molecule has 0 unspecified atom stereocenters. The highest BCUT2D eigenvalue weighted by atomic mass is 16.1. The summed E-state index contributed by atoms with van der Waals surface area (Å²) in [7, 11) is 0. The van der Waals surface area contributed by atoms with Gasteiger partial charge in [0.05, 0.1) is 0 Å². The molecule has 0 atom stereocenters. The minimum atomic E-state index is 0.216. The van der Waals surface area contributed by atoms with Crippen LogP contribution < -0.4 is 0 Å². The molecule has 0 fully saturated rings. The molecule has 0 N–H and O–H groups in total. The molecular formula is C12H18O. The molecule has 0 heterocycles. The Bertz CT molecular complexity index is 264. The van der Waals surface area contributed by atoms with Crippen molar-refractivity contribution in [3.63, 3.8) is 0 Å². The van der Waals surface area contributed by atoms with Gasteiger partial charge in [0.1, 0.15) is 0 Å². The van der Waals surface area contributed by atoms with Gasteiger partial charge in [0.15, 0.2) is 5.78 Å². The van der Waals surface area contributed by atoms with Crippen LogP contribution in [0.25, 0.3) is 0 Å². The van der Waals surface area contributed by atoms with E-state index in [1.165, 1.54) is 0 Å². The summed E-state index contributed by atoms with van der Waals surface area (Å²) >= 11 is 0. The summed E-state index contributed by atoms with van der Waals surface area (Å²) in [5.41, 5.74) is 1.97. The van der Waals surface area contributed by atoms with Gasteiger partial charge in [-0.1, -0.05) is 44.5 Å². The molecule has 0 radical (unpaired) electrons. The molecule has 0 aliphatic carbocycles. The van der Waals surface area contributed by atoms with Gasteiger partial charge in [-0.05, 0) is 13.0 Å². The van der Waals surface area contributed by atoms with Crippen LogP contribution in [0.4, 0.5) is 0 Å². The minimum Gasteiger partial charge on any atom is -0.294 e. The van der Waals surface area contributed by atoms with Gasteiger partial charge in [-0.15, -0.1) is 0 Å². The summed E-state index contributed by atoms with van der Waals surface area (Å²) in [6, 6.07) is 7.69. The second-order valence-corrected chi connectivity index (χ2v) is 2.65. The summed E-state index contributed by atoms with van der Waals surface area (Å²) < 4.78 is 0. The quantitative estimate of drug-likeness (QED) is 0.632. The van der Waals surface area contributed by atoms with Crippen molar-refractivity contribution in [3.8, 4) is 0 Å². The molecule has 0 saturated carbocycles. The molecule has 1 rings (SSSR count). The maximum absolute atomic E-state index is 11.2. The highest BCUT2D eigenvalue weighted by Gasteiger charge is 2.00. The van der Waals surface area contributed by atoms with Crippen molar-refractivity contribution in [3.05, 3.63) is 35.4 Å². The van der Waals surface area contributed by atoms with E-state index in [0.29, 0.717) is 6.42 Å². The van der Waals surface area contributed by atoms with Gasteiger partial charge in [-0.3, -0.25) is 4.79 Å². The fraction of sp³-hybridized carbons (Fsp3) is 0.417. The number of ketones is 1. The van der Waals surface area contributed by atoms with E-state index in [1.807, 2.05) is 52.0 Å². The molecule has 0 bridgehead atoms. The van der Waals surface area contributed by atoms with E-state index >= 15 is 0 Å². The third-order valence-corrected chi connectivity index (χ3v) is 1.66. The smallest absolute Gasteiger partial charge is 0.162 e. The molecule has 0 amide bonds. The van der Waals surface area contributed by atoms with Crippen LogP contribution in [-0.2, 0) is 0 Å². The monoisotopic (exact) mass is 178 g/mol. The summed E-state index contributed by atoms with van der Waals surface area (Å²) in [6.07, 6.45) is 0.587. The number of hydrogen-bond donors (Lipinski definition) is 0. The van der Waals surface area contributed by atoms with Crippen LogP contribution in [0.1, 0.15) is 43.1 Å². The standard InChI is InChI=1S/C10H12O.C2H6/c1-3-10(11)9-6-4-5-8(2)7-9;1-2/h4-7H,3H2,1-2H3;1-2H3. The fourth-order valence-electron chi connectivity index (χ4n) is 1.02. The third kappa shape index (κ3) is 3.88. The van der Waals surface area contributed by atoms with E-state index in [0.717, 1.165) is 11.1 Å². The Labute approximate surface area is 80.8 Å². The first-order valence-corrected chi connectivity index (χ1v) is 4.84. The first kappa shape index (κ1) is 11.9. The lowest BCUT2D eigenvalue weighted by Crippen LogP contribution is -1.95. The number of carbonyl (C=O) groups is 1. The van der Waals surface area contributed by atoms with Crippen molar-refractivity contribution >= 4 is 5.78 Å². The first-order chi connectivity index (χ1) is 6.24. The summed E-state index contributed by atoms with van der Waals surface area (Å²) in [5.74, 6) is 0.216. The maximum Gasteiger partial charge on any atom is 0.162 e. The van der Waals surface area contributed by atoms with Crippen molar-refractivity contribution in [2.75, 3.05) is 0 Å². The predicted octanol–water partition coefficient (Wildman–Crippen LogP) is 3.61. The third-order valence-electron chi connectivity index (χ3n) is 1.66. The van der Waals surface area contributed by atoms with E-state index in [1.54, 1.807) is 0 Å². The van der Waals surface area contributed by atoms with E-state index < -0.39 is 0 Å². The molecule has 1 heteroatoms. The Kier molecular flexibility index (Phi) is 5.86. The molecule has 0 aliphatic heterocycles. The molecule has 72 valence electrons. The number of benzene rings is 1. The summed E-state index contributed by atoms with van der Waals surface area (Å²) in [5, 5.41) is 0. The van der Waals surface area contributed by atoms with Crippen LogP contribution in [-0.4, -0.2) is 5.78 Å². The Morgan fingerprint density at radius 1 is 1.31 bits per heavy atom. The number of rotatable bonds is 2. The lowest BCUT2D eigenvalue weighted by Gasteiger charge is -1.97. The molecule has 1 nitrogen and oxygen atoms in total. The number of hydrogen-bond acceptors (Lipinski definition) is 1. The van der Waals surface area contributed by atoms with Crippen molar-refractivity contribution in [2.45, 2.75) is 34.1 Å². The normalized spacial score (nSPS) is 8.62. The highest BCUT2D eigenvalue weighted by Crippen LogP contribution is 2.05. The zero-order valence-corrected chi connectivity index (χ0v) is 8.92. The predicted molar refractivity (Wildman–Crippen MR) is 57.1 cm³/mol. The zero-order chi connectivity index (χ0) is 10.3. The molecule has 1 aromatic carbocycles. The number of aryl methyl sites for hydroxylation is 1. The van der Waals surface area contributed by atoms with E-state index in [4.69, 9.17) is 0 Å². The molecule has 0 aliphatic rings. The van der Waals surface area contributed by atoms with Crippen LogP contribution in [0.15, 0.2) is 24.3 Å². The van der Waals surface area contributed by atoms with E-state index in [2.05, 4.69) is 0 Å². The topological polar surface area (TPSA) is 17.1 Å². The van der Waals surface area contributed by atoms with Gasteiger partial charge in [0.25, 0.3) is 0 Å². The second-order valence-electron chi connectivity index (χ2n) is 2.65. The largest absolute Gasteiger partial charge is 0.294 e. The fourth-order valence-corrected chi connectivity index (χ4v) is 1.02. The SMILES string of the molecule is CC.CCC(=O)c1cccc(C)c1. The van der Waals surface area contributed by atoms with Crippen molar-refractivity contribution in [1.82, 2.24) is 0 Å². The Balaban J connectivity index is 0.000000671. The molecule has 0 saturated heterocycles. The average Bonchev–Trinajstić information content (AvgIpc) is 2.20. The average molecular weight is 178 g/mol. The van der Waals surface area contributed by atoms with Gasteiger partial charge in [0.2, 0.25) is 0 Å². The summed E-state index contributed by atoms with van der Waals surface area (Å²) in [6.45, 7) is 7.87. The van der Waals surface area contributed by atoms with Gasteiger partial charge in [0, 0.05) is 12.0 Å². The molecule has 0 spiro atoms. The van der Waals surface area contributed by atoms with Gasteiger partial charge >= 0.3 is 0 Å². The Morgan fingerprint density at radius 2 is 1.92 bits per heavy atom. The van der Waals surface area contributed by atoms with E-state index in [-0.39, 0.29) is 5.78 Å². The van der Waals surface area contributed by atoms with Crippen molar-refractivity contribution in [2.24, 2.45) is 0 Å². The second kappa shape index (κ2) is 6.41. The van der Waals surface area contributed by atoms with Crippen LogP contribution in [0.2, 0.25) is 0 Å². The Morgan fingerprint density at radius 3 is 2.38 bits per heavy atom. The van der Waals surface area contributed by atoms with E-state index in [9.17, 15) is 4.79 Å². The first-order valence-electron chi connectivity index (χ1n) is 4.84. The van der Waals surface area contributed by atoms with Gasteiger partial charge < -0.3 is 0 Å². The number of carbonyl (C=O) groups excluding carboxylic acids is 1. The van der Waals surface area contributed by atoms with Gasteiger partial charge in [-0.25, -0.2) is 0 Å². The van der Waals surface area contributed by atoms with Crippen LogP contribution in [0.5, 0.6) is 0 Å². The van der Waals surface area contributed by atoms with Crippen LogP contribution in [0.3, 0.4) is 0 Å². The van der Waals surface area contributed by atoms with Crippen LogP contribution >= 0.6 is 0 Å².